The molecule has 23 heavy (non-hydrogen) atoms. The molecule has 4 rings (SSSR count). The fourth-order valence-corrected chi connectivity index (χ4v) is 2.99. The Morgan fingerprint density at radius 2 is 1.96 bits per heavy atom. The Labute approximate surface area is 138 Å². The number of likely N-dealkylation sites (N-methyl/N-ethyl adjacent to an activating group) is 1. The summed E-state index contributed by atoms with van der Waals surface area (Å²) in [6.45, 7) is 0. The van der Waals surface area contributed by atoms with E-state index in [-0.39, 0.29) is 11.4 Å². The first-order valence-electron chi connectivity index (χ1n) is 6.92. The largest absolute Gasteiger partial charge is 0.870 e. The molecule has 3 aliphatic heterocycles. The summed E-state index contributed by atoms with van der Waals surface area (Å²) < 4.78 is 0. The van der Waals surface area contributed by atoms with E-state index < -0.39 is 0 Å². The van der Waals surface area contributed by atoms with Crippen molar-refractivity contribution in [3.8, 4) is 0 Å². The number of nitrogens with one attached hydrogen (secondary N) is 1. The Morgan fingerprint density at radius 1 is 1.22 bits per heavy atom. The third-order valence-corrected chi connectivity index (χ3v) is 4.15. The van der Waals surface area contributed by atoms with Crippen molar-refractivity contribution in [2.75, 3.05) is 12.1 Å². The highest BCUT2D eigenvalue weighted by atomic mass is 35.5. The number of allylic oxidation sites excluding steroid dienone is 2. The van der Waals surface area contributed by atoms with Gasteiger partial charge in [0.1, 0.15) is 0 Å². The zero-order valence-electron chi connectivity index (χ0n) is 12.3. The molecule has 0 saturated carbocycles. The third kappa shape index (κ3) is 2.33. The number of anilines is 1. The minimum Gasteiger partial charge on any atom is -0.870 e. The number of carbonyl (C=O) groups is 1. The van der Waals surface area contributed by atoms with Crippen LogP contribution in [0.25, 0.3) is 0 Å². The second-order valence-electron chi connectivity index (χ2n) is 5.28. The van der Waals surface area contributed by atoms with E-state index in [0.717, 1.165) is 22.7 Å². The monoisotopic (exact) mass is 330 g/mol. The lowest BCUT2D eigenvalue weighted by molar-refractivity contribution is -0.600. The SMILES string of the molecule is CN1C=C2NC=CC=C2C2=C1C(=O)N(c1ccc(Cl)cc1)[NH2+]2.[OH-]. The average Bonchev–Trinajstić information content (AvgIpc) is 2.87. The molecule has 7 heteroatoms. The molecule has 4 N–H and O–H groups in total. The summed E-state index contributed by atoms with van der Waals surface area (Å²) in [6, 6.07) is 7.26. The van der Waals surface area contributed by atoms with Crippen molar-refractivity contribution >= 4 is 23.2 Å². The molecular weight excluding hydrogens is 316 g/mol. The van der Waals surface area contributed by atoms with Crippen molar-refractivity contribution in [2.24, 2.45) is 0 Å². The van der Waals surface area contributed by atoms with Crippen LogP contribution in [-0.4, -0.2) is 23.3 Å². The number of amides is 1. The molecule has 1 amide bonds. The number of benzene rings is 1. The van der Waals surface area contributed by atoms with Gasteiger partial charge in [0.05, 0.1) is 17.0 Å². The van der Waals surface area contributed by atoms with E-state index in [9.17, 15) is 4.79 Å². The number of dihydropyridines is 1. The standard InChI is InChI=1S/C16H13ClN4O.H2O/c1-20-9-13-12(3-2-8-18-13)14-15(20)16(22)21(19-14)11-6-4-10(17)5-7-11;/h2-9,18-19H,1H3;1H2. The summed E-state index contributed by atoms with van der Waals surface area (Å²) in [4.78, 5) is 14.6. The Hall–Kier alpha value is -2.54. The maximum atomic E-state index is 12.8. The molecule has 0 atom stereocenters. The first-order chi connectivity index (χ1) is 10.6. The quantitative estimate of drug-likeness (QED) is 0.595. The number of rotatable bonds is 1. The van der Waals surface area contributed by atoms with Gasteiger partial charge in [-0.15, -0.1) is 5.01 Å². The Bertz CT molecular complexity index is 793. The molecule has 0 spiro atoms. The van der Waals surface area contributed by atoms with E-state index in [1.54, 1.807) is 17.1 Å². The van der Waals surface area contributed by atoms with Gasteiger partial charge in [0.2, 0.25) is 0 Å². The van der Waals surface area contributed by atoms with Crippen molar-refractivity contribution < 1.29 is 15.7 Å². The molecule has 0 bridgehead atoms. The van der Waals surface area contributed by atoms with Crippen molar-refractivity contribution in [1.29, 1.82) is 0 Å². The number of carbonyl (C=O) groups excluding carboxylic acids is 1. The van der Waals surface area contributed by atoms with Crippen LogP contribution in [-0.2, 0) is 4.79 Å². The predicted octanol–water partition coefficient (Wildman–Crippen LogP) is 1.03. The van der Waals surface area contributed by atoms with Gasteiger partial charge in [-0.2, -0.15) is 0 Å². The van der Waals surface area contributed by atoms with Gasteiger partial charge in [-0.3, -0.25) is 4.79 Å². The number of halogens is 1. The summed E-state index contributed by atoms with van der Waals surface area (Å²) in [6.07, 6.45) is 7.76. The van der Waals surface area contributed by atoms with Crippen LogP contribution in [0.2, 0.25) is 5.02 Å². The van der Waals surface area contributed by atoms with Gasteiger partial charge in [-0.25, -0.2) is 5.43 Å². The van der Waals surface area contributed by atoms with Gasteiger partial charge in [0.15, 0.2) is 11.4 Å². The maximum absolute atomic E-state index is 12.8. The van der Waals surface area contributed by atoms with Crippen LogP contribution < -0.4 is 15.8 Å². The highest BCUT2D eigenvalue weighted by molar-refractivity contribution is 6.30. The van der Waals surface area contributed by atoms with Gasteiger partial charge < -0.3 is 15.7 Å². The first kappa shape index (κ1) is 15.4. The lowest BCUT2D eigenvalue weighted by atomic mass is 10.0. The van der Waals surface area contributed by atoms with Crippen molar-refractivity contribution in [1.82, 2.24) is 10.2 Å². The van der Waals surface area contributed by atoms with E-state index in [1.807, 2.05) is 54.1 Å². The van der Waals surface area contributed by atoms with Gasteiger partial charge in [-0.05, 0) is 36.4 Å². The van der Waals surface area contributed by atoms with Crippen LogP contribution in [0, 0.1) is 0 Å². The molecule has 0 unspecified atom stereocenters. The fraction of sp³-hybridized carbons (Fsp3) is 0.0625. The van der Waals surface area contributed by atoms with Crippen LogP contribution in [0.3, 0.4) is 0 Å². The summed E-state index contributed by atoms with van der Waals surface area (Å²) in [7, 11) is 1.89. The number of quaternary nitrogens is 1. The molecule has 0 saturated heterocycles. The van der Waals surface area contributed by atoms with E-state index in [0.29, 0.717) is 10.7 Å². The second-order valence-corrected chi connectivity index (χ2v) is 5.72. The molecule has 0 fully saturated rings. The maximum Gasteiger partial charge on any atom is 0.327 e. The Morgan fingerprint density at radius 3 is 2.70 bits per heavy atom. The van der Waals surface area contributed by atoms with Crippen LogP contribution >= 0.6 is 11.6 Å². The van der Waals surface area contributed by atoms with E-state index in [4.69, 9.17) is 11.6 Å². The molecule has 1 aromatic rings. The van der Waals surface area contributed by atoms with Gasteiger partial charge in [-0.1, -0.05) is 11.6 Å². The number of nitrogens with zero attached hydrogens (tertiary/aromatic N) is 2. The van der Waals surface area contributed by atoms with E-state index in [1.165, 1.54) is 0 Å². The number of fused-ring (bicyclic) bond motifs is 2. The minimum absolute atomic E-state index is 0. The minimum atomic E-state index is -0.0365. The molecule has 0 aliphatic carbocycles. The zero-order valence-corrected chi connectivity index (χ0v) is 13.1. The fourth-order valence-electron chi connectivity index (χ4n) is 2.86. The van der Waals surface area contributed by atoms with E-state index in [2.05, 4.69) is 5.32 Å². The van der Waals surface area contributed by atoms with E-state index >= 15 is 0 Å². The van der Waals surface area contributed by atoms with Crippen LogP contribution in [0.1, 0.15) is 0 Å². The lowest BCUT2D eigenvalue weighted by Crippen LogP contribution is -2.91. The lowest BCUT2D eigenvalue weighted by Gasteiger charge is -2.23. The third-order valence-electron chi connectivity index (χ3n) is 3.89. The van der Waals surface area contributed by atoms with Crippen molar-refractivity contribution in [3.63, 3.8) is 0 Å². The summed E-state index contributed by atoms with van der Waals surface area (Å²) in [5, 5.41) is 5.52. The normalized spacial score (nSPS) is 18.8. The number of hydrogen-bond donors (Lipinski definition) is 2. The van der Waals surface area contributed by atoms with Crippen LogP contribution in [0.15, 0.2) is 71.5 Å². The highest BCUT2D eigenvalue weighted by Gasteiger charge is 2.42. The molecule has 3 aliphatic rings. The number of nitrogens with two attached hydrogens (primary N) is 1. The van der Waals surface area contributed by atoms with Gasteiger partial charge >= 0.3 is 5.91 Å². The molecule has 3 heterocycles. The summed E-state index contributed by atoms with van der Waals surface area (Å²) in [5.41, 5.74) is 6.32. The van der Waals surface area contributed by atoms with Crippen molar-refractivity contribution in [2.45, 2.75) is 0 Å². The second kappa shape index (κ2) is 5.58. The first-order valence-corrected chi connectivity index (χ1v) is 7.30. The average molecular weight is 331 g/mol. The Balaban J connectivity index is 0.00000156. The summed E-state index contributed by atoms with van der Waals surface area (Å²) in [5.74, 6) is -0.0365. The highest BCUT2D eigenvalue weighted by Crippen LogP contribution is 2.31. The molecule has 0 radical (unpaired) electrons. The molecule has 0 aromatic heterocycles. The van der Waals surface area contributed by atoms with Gasteiger partial charge in [0.25, 0.3) is 0 Å². The molecule has 1 aromatic carbocycles. The predicted molar refractivity (Wildman–Crippen MR) is 86.0 cm³/mol. The molecular formula is C16H15ClN4O2. The topological polar surface area (TPSA) is 82.2 Å². The van der Waals surface area contributed by atoms with Crippen molar-refractivity contribution in [3.05, 3.63) is 76.5 Å². The van der Waals surface area contributed by atoms with Crippen LogP contribution in [0.5, 0.6) is 0 Å². The smallest absolute Gasteiger partial charge is 0.327 e. The molecule has 6 nitrogen and oxygen atoms in total. The number of hydrogen-bond acceptors (Lipinski definition) is 4. The zero-order chi connectivity index (χ0) is 15.3. The molecule has 118 valence electrons. The van der Waals surface area contributed by atoms with Gasteiger partial charge in [0, 0.05) is 24.5 Å². The van der Waals surface area contributed by atoms with Crippen LogP contribution in [0.4, 0.5) is 5.69 Å². The Kier molecular flexibility index (Phi) is 3.73. The summed E-state index contributed by atoms with van der Waals surface area (Å²) >= 11 is 5.93.